The average Bonchev–Trinajstić information content (AvgIpc) is 3.31. The molecule has 1 aliphatic heterocycles. The molecule has 0 unspecified atom stereocenters. The van der Waals surface area contributed by atoms with Crippen LogP contribution >= 0.6 is 0 Å². The Bertz CT molecular complexity index is 1310. The van der Waals surface area contributed by atoms with Gasteiger partial charge in [-0.1, -0.05) is 48.5 Å². The fourth-order valence-corrected chi connectivity index (χ4v) is 5.48. The Kier molecular flexibility index (Phi) is 7.90. The summed E-state index contributed by atoms with van der Waals surface area (Å²) in [5, 5.41) is 2.81. The first kappa shape index (κ1) is 25.2. The van der Waals surface area contributed by atoms with Crippen molar-refractivity contribution in [2.45, 2.75) is 30.8 Å². The van der Waals surface area contributed by atoms with E-state index < -0.39 is 15.9 Å². The number of ether oxygens (including phenoxy) is 1. The number of amides is 2. The van der Waals surface area contributed by atoms with E-state index in [4.69, 9.17) is 4.74 Å². The van der Waals surface area contributed by atoms with Crippen molar-refractivity contribution in [2.24, 2.45) is 0 Å². The molecule has 1 saturated heterocycles. The Morgan fingerprint density at radius 1 is 1.00 bits per heavy atom. The predicted octanol–water partition coefficient (Wildman–Crippen LogP) is 3.33. The van der Waals surface area contributed by atoms with E-state index in [0.717, 1.165) is 28.4 Å². The van der Waals surface area contributed by atoms with E-state index in [1.165, 1.54) is 19.2 Å². The first-order chi connectivity index (χ1) is 17.4. The van der Waals surface area contributed by atoms with Crippen molar-refractivity contribution in [1.29, 1.82) is 0 Å². The monoisotopic (exact) mass is 507 g/mol. The van der Waals surface area contributed by atoms with Gasteiger partial charge in [-0.3, -0.25) is 13.9 Å². The van der Waals surface area contributed by atoms with Gasteiger partial charge < -0.3 is 15.0 Å². The Hall–Kier alpha value is -3.85. The lowest BCUT2D eigenvalue weighted by Gasteiger charge is -2.24. The second kappa shape index (κ2) is 11.3. The number of anilines is 1. The van der Waals surface area contributed by atoms with Crippen molar-refractivity contribution >= 4 is 27.5 Å². The van der Waals surface area contributed by atoms with Gasteiger partial charge in [0.1, 0.15) is 12.3 Å². The highest BCUT2D eigenvalue weighted by atomic mass is 32.2. The number of nitrogens with zero attached hydrogens (tertiary/aromatic N) is 2. The highest BCUT2D eigenvalue weighted by Crippen LogP contribution is 2.26. The maximum absolute atomic E-state index is 13.4. The molecule has 3 aromatic carbocycles. The second-order valence-corrected chi connectivity index (χ2v) is 10.4. The lowest BCUT2D eigenvalue weighted by Crippen LogP contribution is -2.40. The number of rotatable bonds is 10. The molecule has 36 heavy (non-hydrogen) atoms. The van der Waals surface area contributed by atoms with Gasteiger partial charge in [0.2, 0.25) is 11.8 Å². The third-order valence-corrected chi connectivity index (χ3v) is 7.81. The van der Waals surface area contributed by atoms with Crippen LogP contribution in [0.1, 0.15) is 24.0 Å². The summed E-state index contributed by atoms with van der Waals surface area (Å²) in [4.78, 5) is 26.6. The first-order valence-corrected chi connectivity index (χ1v) is 13.1. The van der Waals surface area contributed by atoms with Gasteiger partial charge in [0.25, 0.3) is 10.0 Å². The van der Waals surface area contributed by atoms with Crippen LogP contribution in [-0.4, -0.2) is 45.3 Å². The molecule has 0 atom stereocenters. The van der Waals surface area contributed by atoms with E-state index in [-0.39, 0.29) is 23.9 Å². The van der Waals surface area contributed by atoms with Crippen molar-refractivity contribution in [3.05, 3.63) is 90.0 Å². The van der Waals surface area contributed by atoms with Crippen molar-refractivity contribution in [1.82, 2.24) is 10.2 Å². The SMILES string of the molecule is COc1cccc(N(CC(=O)NCc2ccc(CN3CCCC3=O)cc2)S(=O)(=O)c2ccccc2)c1. The molecule has 1 N–H and O–H groups in total. The minimum Gasteiger partial charge on any atom is -0.497 e. The number of sulfonamides is 1. The third-order valence-electron chi connectivity index (χ3n) is 6.02. The minimum atomic E-state index is -3.99. The van der Waals surface area contributed by atoms with Crippen molar-refractivity contribution < 1.29 is 22.7 Å². The van der Waals surface area contributed by atoms with E-state index in [1.54, 1.807) is 42.5 Å². The number of hydrogen-bond donors (Lipinski definition) is 1. The molecule has 0 radical (unpaired) electrons. The largest absolute Gasteiger partial charge is 0.497 e. The molecule has 0 aromatic heterocycles. The van der Waals surface area contributed by atoms with Gasteiger partial charge in [0.05, 0.1) is 17.7 Å². The molecule has 1 heterocycles. The van der Waals surface area contributed by atoms with Crippen molar-refractivity contribution in [3.8, 4) is 5.75 Å². The number of methoxy groups -OCH3 is 1. The first-order valence-electron chi connectivity index (χ1n) is 11.7. The highest BCUT2D eigenvalue weighted by Gasteiger charge is 2.27. The van der Waals surface area contributed by atoms with Crippen LogP contribution in [0, 0.1) is 0 Å². The van der Waals surface area contributed by atoms with Crippen LogP contribution in [0.5, 0.6) is 5.75 Å². The molecule has 0 bridgehead atoms. The zero-order chi connectivity index (χ0) is 25.5. The molecule has 1 fully saturated rings. The zero-order valence-corrected chi connectivity index (χ0v) is 20.9. The second-order valence-electron chi connectivity index (χ2n) is 8.54. The topological polar surface area (TPSA) is 96.0 Å². The van der Waals surface area contributed by atoms with Crippen molar-refractivity contribution in [2.75, 3.05) is 24.5 Å². The number of likely N-dealkylation sites (tertiary alicyclic amines) is 1. The molecule has 9 heteroatoms. The van der Waals surface area contributed by atoms with Gasteiger partial charge >= 0.3 is 0 Å². The molecule has 1 aliphatic rings. The maximum Gasteiger partial charge on any atom is 0.264 e. The Morgan fingerprint density at radius 3 is 2.39 bits per heavy atom. The summed E-state index contributed by atoms with van der Waals surface area (Å²) in [6, 6.07) is 22.3. The number of carbonyl (C=O) groups is 2. The zero-order valence-electron chi connectivity index (χ0n) is 20.1. The summed E-state index contributed by atoms with van der Waals surface area (Å²) >= 11 is 0. The van der Waals surface area contributed by atoms with E-state index in [1.807, 2.05) is 29.2 Å². The van der Waals surface area contributed by atoms with Gasteiger partial charge in [0.15, 0.2) is 0 Å². The normalized spacial score (nSPS) is 13.5. The maximum atomic E-state index is 13.4. The van der Waals surface area contributed by atoms with Gasteiger partial charge in [-0.2, -0.15) is 0 Å². The van der Waals surface area contributed by atoms with E-state index in [0.29, 0.717) is 24.4 Å². The van der Waals surface area contributed by atoms with Gasteiger partial charge in [0, 0.05) is 32.1 Å². The van der Waals surface area contributed by atoms with Gasteiger partial charge in [-0.25, -0.2) is 8.42 Å². The summed E-state index contributed by atoms with van der Waals surface area (Å²) in [5.74, 6) is 0.221. The number of carbonyl (C=O) groups excluding carboxylic acids is 2. The lowest BCUT2D eigenvalue weighted by molar-refractivity contribution is -0.128. The molecule has 3 aromatic rings. The molecule has 188 valence electrons. The van der Waals surface area contributed by atoms with Crippen LogP contribution in [0.3, 0.4) is 0 Å². The summed E-state index contributed by atoms with van der Waals surface area (Å²) in [6.45, 7) is 1.23. The van der Waals surface area contributed by atoms with Crippen LogP contribution in [0.2, 0.25) is 0 Å². The number of hydrogen-bond acceptors (Lipinski definition) is 5. The summed E-state index contributed by atoms with van der Waals surface area (Å²) in [5.41, 5.74) is 2.23. The van der Waals surface area contributed by atoms with Crippen LogP contribution in [0.25, 0.3) is 0 Å². The third kappa shape index (κ3) is 6.04. The van der Waals surface area contributed by atoms with Crippen LogP contribution in [0.15, 0.2) is 83.8 Å². The molecular weight excluding hydrogens is 478 g/mol. The number of benzene rings is 3. The summed E-state index contributed by atoms with van der Waals surface area (Å²) in [6.07, 6.45) is 1.51. The average molecular weight is 508 g/mol. The van der Waals surface area contributed by atoms with Gasteiger partial charge in [-0.15, -0.1) is 0 Å². The van der Waals surface area contributed by atoms with Crippen LogP contribution in [0.4, 0.5) is 5.69 Å². The van der Waals surface area contributed by atoms with E-state index >= 15 is 0 Å². The standard InChI is InChI=1S/C27H29N3O5S/c1-35-24-8-5-7-23(17-24)30(36(33,34)25-9-3-2-4-10-25)20-26(31)28-18-21-12-14-22(15-13-21)19-29-16-6-11-27(29)32/h2-5,7-10,12-15,17H,6,11,16,18-20H2,1H3,(H,28,31). The molecule has 4 rings (SSSR count). The summed E-state index contributed by atoms with van der Waals surface area (Å²) in [7, 11) is -2.50. The molecule has 2 amide bonds. The fourth-order valence-electron chi connectivity index (χ4n) is 4.04. The molecular formula is C27H29N3O5S. The quantitative estimate of drug-likeness (QED) is 0.454. The molecule has 0 spiro atoms. The minimum absolute atomic E-state index is 0.0905. The van der Waals surface area contributed by atoms with Crippen LogP contribution in [-0.2, 0) is 32.7 Å². The number of nitrogens with one attached hydrogen (secondary N) is 1. The van der Waals surface area contributed by atoms with E-state index in [9.17, 15) is 18.0 Å². The Labute approximate surface area is 211 Å². The van der Waals surface area contributed by atoms with Gasteiger partial charge in [-0.05, 0) is 41.8 Å². The fraction of sp³-hybridized carbons (Fsp3) is 0.259. The van der Waals surface area contributed by atoms with E-state index in [2.05, 4.69) is 5.32 Å². The predicted molar refractivity (Wildman–Crippen MR) is 137 cm³/mol. The highest BCUT2D eigenvalue weighted by molar-refractivity contribution is 7.92. The molecule has 0 saturated carbocycles. The lowest BCUT2D eigenvalue weighted by atomic mass is 10.1. The smallest absolute Gasteiger partial charge is 0.264 e. The summed E-state index contributed by atoms with van der Waals surface area (Å²) < 4.78 is 33.2. The molecule has 8 nitrogen and oxygen atoms in total. The van der Waals surface area contributed by atoms with Crippen LogP contribution < -0.4 is 14.4 Å². The van der Waals surface area contributed by atoms with Crippen molar-refractivity contribution in [3.63, 3.8) is 0 Å². The Balaban J connectivity index is 1.45. The Morgan fingerprint density at radius 2 is 1.72 bits per heavy atom. The molecule has 0 aliphatic carbocycles.